The van der Waals surface area contributed by atoms with Crippen LogP contribution in [0.15, 0.2) is 48.5 Å². The molecule has 5 nitrogen and oxygen atoms in total. The van der Waals surface area contributed by atoms with Gasteiger partial charge in [-0.1, -0.05) is 37.3 Å². The number of carbonyl (C=O) groups excluding carboxylic acids is 2. The first kappa shape index (κ1) is 15.2. The summed E-state index contributed by atoms with van der Waals surface area (Å²) in [5, 5.41) is 9.75. The highest BCUT2D eigenvalue weighted by atomic mass is 16.3. The predicted molar refractivity (Wildman–Crippen MR) is 87.0 cm³/mol. The van der Waals surface area contributed by atoms with Crippen molar-refractivity contribution in [2.45, 2.75) is 25.5 Å². The summed E-state index contributed by atoms with van der Waals surface area (Å²) in [6.07, 6.45) is -1.22. The summed E-state index contributed by atoms with van der Waals surface area (Å²) >= 11 is 0. The lowest BCUT2D eigenvalue weighted by Gasteiger charge is -2.19. The first-order chi connectivity index (χ1) is 11.0. The minimum Gasteiger partial charge on any atom is -0.383 e. The van der Waals surface area contributed by atoms with E-state index in [1.54, 1.807) is 11.8 Å². The van der Waals surface area contributed by atoms with Crippen LogP contribution in [0.3, 0.4) is 0 Å². The monoisotopic (exact) mass is 310 g/mol. The van der Waals surface area contributed by atoms with Gasteiger partial charge in [-0.25, -0.2) is 0 Å². The molecule has 0 unspecified atom stereocenters. The van der Waals surface area contributed by atoms with Crippen molar-refractivity contribution in [2.24, 2.45) is 5.73 Å². The molecule has 0 bridgehead atoms. The van der Waals surface area contributed by atoms with Gasteiger partial charge in [0.05, 0.1) is 6.54 Å². The normalized spacial score (nSPS) is 16.1. The number of nitrogens with zero attached hydrogens (tertiary/aromatic N) is 1. The minimum absolute atomic E-state index is 0.0152. The summed E-state index contributed by atoms with van der Waals surface area (Å²) in [4.78, 5) is 25.2. The van der Waals surface area contributed by atoms with Gasteiger partial charge in [0.1, 0.15) is 6.10 Å². The molecule has 5 heteroatoms. The Morgan fingerprint density at radius 3 is 2.43 bits per heavy atom. The molecule has 23 heavy (non-hydrogen) atoms. The molecule has 1 aliphatic rings. The average molecular weight is 310 g/mol. The maximum atomic E-state index is 12.4. The standard InChI is InChI=1S/C18H18N2O3/c1-11(16(21)17(19)22)12-6-8-14(9-7-12)20-10-13-4-2-3-5-15(13)18(20)23/h2-9,11,16,21H,10H2,1H3,(H2,19,22)/t11-,16-/m0/s1. The van der Waals surface area contributed by atoms with Crippen LogP contribution in [0, 0.1) is 0 Å². The second kappa shape index (κ2) is 5.85. The van der Waals surface area contributed by atoms with Crippen molar-refractivity contribution in [1.29, 1.82) is 0 Å². The summed E-state index contributed by atoms with van der Waals surface area (Å²) in [6.45, 7) is 2.29. The third kappa shape index (κ3) is 2.71. The number of aliphatic hydroxyl groups is 1. The first-order valence-corrected chi connectivity index (χ1v) is 7.46. The molecule has 2 atom stereocenters. The van der Waals surface area contributed by atoms with E-state index in [2.05, 4.69) is 0 Å². The Morgan fingerprint density at radius 2 is 1.83 bits per heavy atom. The van der Waals surface area contributed by atoms with Crippen LogP contribution in [-0.4, -0.2) is 23.0 Å². The van der Waals surface area contributed by atoms with Gasteiger partial charge in [0.2, 0.25) is 5.91 Å². The third-order valence-corrected chi connectivity index (χ3v) is 4.32. The summed E-state index contributed by atoms with van der Waals surface area (Å²) < 4.78 is 0. The molecule has 118 valence electrons. The summed E-state index contributed by atoms with van der Waals surface area (Å²) in [5.41, 5.74) is 8.46. The zero-order valence-corrected chi connectivity index (χ0v) is 12.8. The lowest BCUT2D eigenvalue weighted by molar-refractivity contribution is -0.126. The van der Waals surface area contributed by atoms with Crippen LogP contribution in [0.5, 0.6) is 0 Å². The van der Waals surface area contributed by atoms with Crippen LogP contribution in [0.25, 0.3) is 0 Å². The molecule has 1 aliphatic heterocycles. The number of anilines is 1. The van der Waals surface area contributed by atoms with E-state index in [0.717, 1.165) is 22.4 Å². The van der Waals surface area contributed by atoms with E-state index in [1.165, 1.54) is 0 Å². The largest absolute Gasteiger partial charge is 0.383 e. The highest BCUT2D eigenvalue weighted by molar-refractivity contribution is 6.09. The minimum atomic E-state index is -1.22. The number of hydrogen-bond acceptors (Lipinski definition) is 3. The van der Waals surface area contributed by atoms with Crippen LogP contribution in [0.2, 0.25) is 0 Å². The molecular weight excluding hydrogens is 292 g/mol. The van der Waals surface area contributed by atoms with Crippen molar-refractivity contribution in [1.82, 2.24) is 0 Å². The van der Waals surface area contributed by atoms with Crippen LogP contribution in [0.4, 0.5) is 5.69 Å². The molecule has 3 N–H and O–H groups in total. The number of rotatable bonds is 4. The van der Waals surface area contributed by atoms with Gasteiger partial charge in [-0.15, -0.1) is 0 Å². The quantitative estimate of drug-likeness (QED) is 0.903. The second-order valence-electron chi connectivity index (χ2n) is 5.78. The molecule has 2 aromatic carbocycles. The topological polar surface area (TPSA) is 83.6 Å². The first-order valence-electron chi connectivity index (χ1n) is 7.46. The van der Waals surface area contributed by atoms with Crippen molar-refractivity contribution in [3.8, 4) is 0 Å². The van der Waals surface area contributed by atoms with Gasteiger partial charge in [0, 0.05) is 17.2 Å². The molecule has 0 saturated carbocycles. The Bertz CT molecular complexity index is 755. The molecule has 2 aromatic rings. The predicted octanol–water partition coefficient (Wildman–Crippen LogP) is 1.80. The van der Waals surface area contributed by atoms with Gasteiger partial charge >= 0.3 is 0 Å². The number of aliphatic hydroxyl groups excluding tert-OH is 1. The molecule has 0 aliphatic carbocycles. The van der Waals surface area contributed by atoms with Crippen LogP contribution >= 0.6 is 0 Å². The summed E-state index contributed by atoms with van der Waals surface area (Å²) in [7, 11) is 0. The number of nitrogens with two attached hydrogens (primary N) is 1. The fourth-order valence-electron chi connectivity index (χ4n) is 2.85. The summed E-state index contributed by atoms with van der Waals surface area (Å²) in [5.74, 6) is -1.15. The van der Waals surface area contributed by atoms with Gasteiger partial charge in [-0.3, -0.25) is 9.59 Å². The Morgan fingerprint density at radius 1 is 1.17 bits per heavy atom. The number of carbonyl (C=O) groups is 2. The lowest BCUT2D eigenvalue weighted by atomic mass is 9.95. The summed E-state index contributed by atoms with van der Waals surface area (Å²) in [6, 6.07) is 14.8. The van der Waals surface area contributed by atoms with E-state index in [1.807, 2.05) is 48.5 Å². The van der Waals surface area contributed by atoms with Gasteiger partial charge in [-0.2, -0.15) is 0 Å². The smallest absolute Gasteiger partial charge is 0.258 e. The average Bonchev–Trinajstić information content (AvgIpc) is 2.91. The van der Waals surface area contributed by atoms with E-state index >= 15 is 0 Å². The Kier molecular flexibility index (Phi) is 3.88. The Labute approximate surface area is 134 Å². The SMILES string of the molecule is C[C@@H](c1ccc(N2Cc3ccccc3C2=O)cc1)[C@H](O)C(N)=O. The van der Waals surface area contributed by atoms with Gasteiger partial charge in [0.25, 0.3) is 5.91 Å². The molecule has 0 saturated heterocycles. The third-order valence-electron chi connectivity index (χ3n) is 4.32. The molecule has 0 aromatic heterocycles. The van der Waals surface area contributed by atoms with Crippen LogP contribution in [-0.2, 0) is 11.3 Å². The van der Waals surface area contributed by atoms with E-state index in [-0.39, 0.29) is 5.91 Å². The van der Waals surface area contributed by atoms with Crippen molar-refractivity contribution < 1.29 is 14.7 Å². The van der Waals surface area contributed by atoms with Crippen molar-refractivity contribution >= 4 is 17.5 Å². The van der Waals surface area contributed by atoms with E-state index < -0.39 is 17.9 Å². The van der Waals surface area contributed by atoms with Crippen LogP contribution in [0.1, 0.15) is 34.3 Å². The maximum absolute atomic E-state index is 12.4. The van der Waals surface area contributed by atoms with E-state index in [4.69, 9.17) is 5.73 Å². The highest BCUT2D eigenvalue weighted by Crippen LogP contribution is 2.29. The number of fused-ring (bicyclic) bond motifs is 1. The van der Waals surface area contributed by atoms with E-state index in [9.17, 15) is 14.7 Å². The number of amides is 2. The fourth-order valence-corrected chi connectivity index (χ4v) is 2.85. The molecular formula is C18H18N2O3. The molecule has 3 rings (SSSR count). The molecule has 0 fully saturated rings. The second-order valence-corrected chi connectivity index (χ2v) is 5.78. The van der Waals surface area contributed by atoms with Gasteiger partial charge in [0.15, 0.2) is 0 Å². The van der Waals surface area contributed by atoms with Gasteiger partial charge < -0.3 is 15.7 Å². The molecule has 0 spiro atoms. The Hall–Kier alpha value is -2.66. The molecule has 1 heterocycles. The lowest BCUT2D eigenvalue weighted by Crippen LogP contribution is -2.32. The van der Waals surface area contributed by atoms with Crippen molar-refractivity contribution in [2.75, 3.05) is 4.90 Å². The highest BCUT2D eigenvalue weighted by Gasteiger charge is 2.28. The zero-order valence-electron chi connectivity index (χ0n) is 12.8. The fraction of sp³-hybridized carbons (Fsp3) is 0.222. The zero-order chi connectivity index (χ0) is 16.6. The van der Waals surface area contributed by atoms with Crippen molar-refractivity contribution in [3.63, 3.8) is 0 Å². The van der Waals surface area contributed by atoms with Gasteiger partial charge in [-0.05, 0) is 29.3 Å². The number of benzene rings is 2. The molecule has 2 amide bonds. The Balaban J connectivity index is 1.82. The molecule has 0 radical (unpaired) electrons. The van der Waals surface area contributed by atoms with Crippen LogP contribution < -0.4 is 10.6 Å². The number of hydrogen-bond donors (Lipinski definition) is 2. The van der Waals surface area contributed by atoms with E-state index in [0.29, 0.717) is 6.54 Å². The maximum Gasteiger partial charge on any atom is 0.258 e. The van der Waals surface area contributed by atoms with Crippen molar-refractivity contribution in [3.05, 3.63) is 65.2 Å². The number of primary amides is 1.